The number of nitrogens with one attached hydrogen (secondary N) is 2. The van der Waals surface area contributed by atoms with Gasteiger partial charge in [0.1, 0.15) is 0 Å². The average molecular weight is 417 g/mol. The number of rotatable bonds is 10. The highest BCUT2D eigenvalue weighted by Gasteiger charge is 2.19. The molecule has 0 atom stereocenters. The number of hydrogen-bond donors (Lipinski definition) is 5. The molecule has 2 aliphatic heterocycles. The van der Waals surface area contributed by atoms with E-state index in [0.717, 1.165) is 36.0 Å². The van der Waals surface area contributed by atoms with E-state index in [1.54, 1.807) is 0 Å². The number of benzene rings is 1. The zero-order valence-electron chi connectivity index (χ0n) is 16.9. The molecule has 10 heteroatoms. The number of aryl methyl sites for hydroxylation is 2. The monoisotopic (exact) mass is 417 g/mol. The van der Waals surface area contributed by atoms with Crippen LogP contribution in [0.3, 0.4) is 0 Å². The predicted molar refractivity (Wildman–Crippen MR) is 113 cm³/mol. The number of anilines is 1. The molecule has 0 spiro atoms. The number of unbranched alkanes of at least 4 members (excludes halogenated alkanes) is 3. The van der Waals surface area contributed by atoms with Crippen LogP contribution in [0, 0.1) is 6.92 Å². The molecule has 5 N–H and O–H groups in total. The molecule has 0 saturated carbocycles. The van der Waals surface area contributed by atoms with Crippen LogP contribution in [-0.4, -0.2) is 54.3 Å². The zero-order chi connectivity index (χ0) is 21.7. The minimum atomic E-state index is -1.29. The van der Waals surface area contributed by atoms with Crippen molar-refractivity contribution in [2.24, 2.45) is 0 Å². The van der Waals surface area contributed by atoms with Gasteiger partial charge in [-0.2, -0.15) is 4.98 Å². The Morgan fingerprint density at radius 1 is 1.13 bits per heavy atom. The number of aromatic amines is 1. The minimum absolute atomic E-state index is 0.00748. The van der Waals surface area contributed by atoms with E-state index in [-0.39, 0.29) is 18.1 Å². The van der Waals surface area contributed by atoms with Crippen LogP contribution >= 0.6 is 0 Å². The molecule has 1 aromatic carbocycles. The van der Waals surface area contributed by atoms with Gasteiger partial charge in [-0.25, -0.2) is 9.78 Å². The molecular weight excluding hydrogens is 390 g/mol. The summed E-state index contributed by atoms with van der Waals surface area (Å²) < 4.78 is 1.83. The van der Waals surface area contributed by atoms with E-state index in [1.165, 1.54) is 0 Å². The highest BCUT2D eigenvalue weighted by atomic mass is 16.5. The maximum Gasteiger partial charge on any atom is 0.349 e. The zero-order valence-corrected chi connectivity index (χ0v) is 16.9. The van der Waals surface area contributed by atoms with Gasteiger partial charge in [0, 0.05) is 18.8 Å². The van der Waals surface area contributed by atoms with Crippen molar-refractivity contribution in [2.75, 3.05) is 18.5 Å². The fourth-order valence-electron chi connectivity index (χ4n) is 3.50. The molecule has 0 amide bonds. The number of H-pyrrole nitrogens is 1. The van der Waals surface area contributed by atoms with Crippen LogP contribution in [-0.2, 0) is 6.54 Å². The summed E-state index contributed by atoms with van der Waals surface area (Å²) >= 11 is 0. The predicted octanol–water partition coefficient (Wildman–Crippen LogP) is 0.558. The number of hydrogen-bond acceptors (Lipinski definition) is 8. The van der Waals surface area contributed by atoms with Crippen LogP contribution in [0.5, 0.6) is 0 Å². The van der Waals surface area contributed by atoms with Crippen molar-refractivity contribution in [1.29, 1.82) is 0 Å². The van der Waals surface area contributed by atoms with Gasteiger partial charge in [0.25, 0.3) is 5.56 Å². The van der Waals surface area contributed by atoms with Crippen LogP contribution in [0.4, 0.5) is 5.69 Å². The second-order valence-corrected chi connectivity index (χ2v) is 7.30. The topological polar surface area (TPSA) is 153 Å². The van der Waals surface area contributed by atoms with Crippen molar-refractivity contribution in [2.45, 2.75) is 51.9 Å². The molecule has 162 valence electrons. The van der Waals surface area contributed by atoms with Gasteiger partial charge in [-0.1, -0.05) is 12.8 Å². The number of nitrogens with zero attached hydrogens (tertiary/aromatic N) is 3. The molecule has 10 nitrogen and oxygen atoms in total. The van der Waals surface area contributed by atoms with Gasteiger partial charge in [0.05, 0.1) is 17.6 Å². The molecule has 3 rings (SSSR count). The smallest absolute Gasteiger partial charge is 0.349 e. The molecule has 0 fully saturated rings. The first-order valence-electron chi connectivity index (χ1n) is 10.1. The molecule has 0 saturated heterocycles. The van der Waals surface area contributed by atoms with Crippen molar-refractivity contribution < 1.29 is 15.3 Å². The van der Waals surface area contributed by atoms with Crippen molar-refractivity contribution in [3.8, 4) is 11.5 Å². The molecule has 2 heterocycles. The second-order valence-electron chi connectivity index (χ2n) is 7.30. The Bertz CT molecular complexity index is 1090. The third-order valence-corrected chi connectivity index (χ3v) is 4.98. The van der Waals surface area contributed by atoms with E-state index in [9.17, 15) is 9.59 Å². The van der Waals surface area contributed by atoms with Crippen molar-refractivity contribution >= 4 is 16.7 Å². The molecule has 0 bridgehead atoms. The summed E-state index contributed by atoms with van der Waals surface area (Å²) in [5, 5.41) is 30.2. The van der Waals surface area contributed by atoms with Gasteiger partial charge in [-0.3, -0.25) is 9.78 Å². The molecule has 1 aromatic rings. The van der Waals surface area contributed by atoms with Gasteiger partial charge in [-0.05, 0) is 43.9 Å². The highest BCUT2D eigenvalue weighted by Crippen LogP contribution is 2.27. The Hall–Kier alpha value is -2.82. The summed E-state index contributed by atoms with van der Waals surface area (Å²) in [6, 6.07) is 3.75. The normalized spacial score (nSPS) is 11.6. The van der Waals surface area contributed by atoms with Crippen LogP contribution in [0.15, 0.2) is 21.7 Å². The van der Waals surface area contributed by atoms with E-state index in [1.807, 2.05) is 23.6 Å². The van der Waals surface area contributed by atoms with Gasteiger partial charge in [0.15, 0.2) is 17.8 Å². The summed E-state index contributed by atoms with van der Waals surface area (Å²) in [5.41, 5.74) is 1.92. The third-order valence-electron chi connectivity index (χ3n) is 4.98. The standard InChI is InChI=1S/C20H27N5O5/c1-12-10-14-15(11-13(12)21-7-9-26)25(8-5-3-2-4-6-16(27)28)18-17(22-14)19(29)24-20(30)23-18/h10-11,16,21,26-28H,2-9H2,1H3,(H,24,29,30). The summed E-state index contributed by atoms with van der Waals surface area (Å²) in [4.78, 5) is 34.8. The van der Waals surface area contributed by atoms with Crippen molar-refractivity contribution in [3.05, 3.63) is 38.5 Å². The van der Waals surface area contributed by atoms with Crippen LogP contribution in [0.2, 0.25) is 0 Å². The molecule has 0 unspecified atom stereocenters. The average Bonchev–Trinajstić information content (AvgIpc) is 2.69. The summed E-state index contributed by atoms with van der Waals surface area (Å²) in [7, 11) is 0. The van der Waals surface area contributed by atoms with E-state index in [0.29, 0.717) is 31.4 Å². The van der Waals surface area contributed by atoms with Gasteiger partial charge >= 0.3 is 5.69 Å². The van der Waals surface area contributed by atoms with Gasteiger partial charge < -0.3 is 25.2 Å². The summed E-state index contributed by atoms with van der Waals surface area (Å²) in [5.74, 6) is 0.235. The Labute approximate surface area is 172 Å². The Balaban J connectivity index is 2.00. The lowest BCUT2D eigenvalue weighted by Gasteiger charge is -2.18. The van der Waals surface area contributed by atoms with Gasteiger partial charge in [-0.15, -0.1) is 0 Å². The first-order chi connectivity index (χ1) is 14.4. The Morgan fingerprint density at radius 3 is 2.63 bits per heavy atom. The lowest BCUT2D eigenvalue weighted by Crippen LogP contribution is -2.29. The fraction of sp³-hybridized carbons (Fsp3) is 0.500. The molecule has 0 radical (unpaired) electrons. The molecule has 2 aliphatic rings. The van der Waals surface area contributed by atoms with Crippen molar-refractivity contribution in [1.82, 2.24) is 19.5 Å². The first-order valence-corrected chi connectivity index (χ1v) is 10.1. The van der Waals surface area contributed by atoms with E-state index in [2.05, 4.69) is 20.3 Å². The van der Waals surface area contributed by atoms with Crippen LogP contribution in [0.25, 0.3) is 22.6 Å². The number of aliphatic hydroxyl groups is 3. The largest absolute Gasteiger partial charge is 0.395 e. The first kappa shape index (κ1) is 21.9. The van der Waals surface area contributed by atoms with E-state index in [4.69, 9.17) is 15.3 Å². The third kappa shape index (κ3) is 5.02. The number of aliphatic hydroxyl groups excluding tert-OH is 2. The van der Waals surface area contributed by atoms with Crippen LogP contribution in [0.1, 0.15) is 37.7 Å². The van der Waals surface area contributed by atoms with Crippen LogP contribution < -0.4 is 16.6 Å². The second kappa shape index (κ2) is 9.79. The van der Waals surface area contributed by atoms with Crippen molar-refractivity contribution in [3.63, 3.8) is 0 Å². The number of aromatic nitrogens is 4. The maximum atomic E-state index is 12.3. The molecule has 0 aliphatic carbocycles. The maximum absolute atomic E-state index is 12.3. The van der Waals surface area contributed by atoms with Gasteiger partial charge in [0.2, 0.25) is 0 Å². The van der Waals surface area contributed by atoms with E-state index < -0.39 is 17.5 Å². The quantitative estimate of drug-likeness (QED) is 0.182. The molecule has 0 aromatic heterocycles. The Morgan fingerprint density at radius 2 is 1.90 bits per heavy atom. The minimum Gasteiger partial charge on any atom is -0.395 e. The lowest BCUT2D eigenvalue weighted by molar-refractivity contribution is -0.0466. The lowest BCUT2D eigenvalue weighted by atomic mass is 10.1. The molecular formula is C20H27N5O5. The Kier molecular flexibility index (Phi) is 7.14. The SMILES string of the molecule is Cc1cc2nc3c(=O)[nH]c(=O)nc-3n(CCCCCCC(O)O)c2cc1NCCO. The summed E-state index contributed by atoms with van der Waals surface area (Å²) in [6.07, 6.45) is 2.20. The highest BCUT2D eigenvalue weighted by molar-refractivity contribution is 5.84. The molecule has 30 heavy (non-hydrogen) atoms. The number of fused-ring (bicyclic) bond motifs is 2. The fourth-order valence-corrected chi connectivity index (χ4v) is 3.50. The van der Waals surface area contributed by atoms with E-state index >= 15 is 0 Å². The summed E-state index contributed by atoms with van der Waals surface area (Å²) in [6.45, 7) is 2.82.